The molecule has 0 saturated carbocycles. The highest BCUT2D eigenvalue weighted by Gasteiger charge is 2.47. The third kappa shape index (κ3) is 4.99. The molecule has 0 radical (unpaired) electrons. The number of aliphatic hydroxyl groups is 1. The molecule has 180 valence electrons. The minimum Gasteiger partial charge on any atom is -0.406 e. The van der Waals surface area contributed by atoms with E-state index >= 15 is 0 Å². The molecule has 0 saturated heterocycles. The predicted octanol–water partition coefficient (Wildman–Crippen LogP) is 5.86. The van der Waals surface area contributed by atoms with E-state index in [-0.39, 0.29) is 6.54 Å². The van der Waals surface area contributed by atoms with Crippen molar-refractivity contribution in [3.63, 3.8) is 0 Å². The molecule has 2 atom stereocenters. The Balaban J connectivity index is 1.83. The standard InChI is InChI=1S/C25H21F6NO2/c26-24(27,28)22(33)15-32-16-23(14-17-7-2-1-3-8-17,20-11-4-5-12-21(20)32)18-9-6-10-19(13-18)34-25(29,30)31/h1-13,22,33H,14-16H2/t22-,23?/m1/s1. The third-order valence-electron chi connectivity index (χ3n) is 5.96. The Kier molecular flexibility index (Phi) is 6.24. The first-order chi connectivity index (χ1) is 16.0. The van der Waals surface area contributed by atoms with Gasteiger partial charge in [-0.3, -0.25) is 0 Å². The molecular weight excluding hydrogens is 460 g/mol. The zero-order valence-electron chi connectivity index (χ0n) is 17.8. The molecule has 1 aliphatic rings. The first-order valence-electron chi connectivity index (χ1n) is 10.5. The van der Waals surface area contributed by atoms with Gasteiger partial charge in [0.05, 0.1) is 6.54 Å². The van der Waals surface area contributed by atoms with Gasteiger partial charge in [0.2, 0.25) is 0 Å². The van der Waals surface area contributed by atoms with E-state index in [1.54, 1.807) is 30.3 Å². The highest BCUT2D eigenvalue weighted by molar-refractivity contribution is 5.67. The molecule has 4 rings (SSSR count). The summed E-state index contributed by atoms with van der Waals surface area (Å²) in [5, 5.41) is 9.76. The van der Waals surface area contributed by atoms with Crippen LogP contribution >= 0.6 is 0 Å². The summed E-state index contributed by atoms with van der Waals surface area (Å²) in [7, 11) is 0. The highest BCUT2D eigenvalue weighted by atomic mass is 19.4. The zero-order valence-corrected chi connectivity index (χ0v) is 17.8. The number of anilines is 1. The topological polar surface area (TPSA) is 32.7 Å². The van der Waals surface area contributed by atoms with E-state index in [1.165, 1.54) is 23.1 Å². The van der Waals surface area contributed by atoms with Gasteiger partial charge in [0, 0.05) is 17.6 Å². The number of β-amino-alcohol motifs (C(OH)–C–C–N with tert-alkyl or cyclic N) is 1. The fourth-order valence-corrected chi connectivity index (χ4v) is 4.56. The summed E-state index contributed by atoms with van der Waals surface area (Å²) in [6.45, 7) is -0.667. The number of hydrogen-bond acceptors (Lipinski definition) is 3. The molecule has 34 heavy (non-hydrogen) atoms. The molecule has 0 spiro atoms. The van der Waals surface area contributed by atoms with Crippen molar-refractivity contribution >= 4 is 5.69 Å². The van der Waals surface area contributed by atoms with Gasteiger partial charge in [0.15, 0.2) is 6.10 Å². The molecule has 1 N–H and O–H groups in total. The summed E-state index contributed by atoms with van der Waals surface area (Å²) in [4.78, 5) is 1.44. The van der Waals surface area contributed by atoms with Crippen LogP contribution in [0.2, 0.25) is 0 Å². The molecule has 0 fully saturated rings. The van der Waals surface area contributed by atoms with E-state index in [9.17, 15) is 31.4 Å². The SMILES string of the molecule is O[C@H](CN1CC(Cc2ccccc2)(c2cccc(OC(F)(F)F)c2)c2ccccc21)C(F)(F)F. The maximum absolute atomic E-state index is 13.2. The lowest BCUT2D eigenvalue weighted by atomic mass is 9.71. The van der Waals surface area contributed by atoms with E-state index in [1.807, 2.05) is 30.3 Å². The van der Waals surface area contributed by atoms with Crippen molar-refractivity contribution in [1.82, 2.24) is 0 Å². The second-order valence-corrected chi connectivity index (χ2v) is 8.28. The van der Waals surface area contributed by atoms with Gasteiger partial charge in [-0.1, -0.05) is 60.7 Å². The minimum atomic E-state index is -4.89. The molecule has 0 aliphatic carbocycles. The first kappa shape index (κ1) is 23.9. The number of rotatable bonds is 6. The van der Waals surface area contributed by atoms with Crippen molar-refractivity contribution in [1.29, 1.82) is 0 Å². The van der Waals surface area contributed by atoms with Crippen molar-refractivity contribution in [2.24, 2.45) is 0 Å². The summed E-state index contributed by atoms with van der Waals surface area (Å²) in [5.74, 6) is -0.413. The van der Waals surface area contributed by atoms with Crippen LogP contribution < -0.4 is 9.64 Å². The maximum atomic E-state index is 13.2. The van der Waals surface area contributed by atoms with Gasteiger partial charge in [-0.2, -0.15) is 13.2 Å². The van der Waals surface area contributed by atoms with E-state index in [0.29, 0.717) is 23.2 Å². The van der Waals surface area contributed by atoms with Crippen LogP contribution in [0.5, 0.6) is 5.75 Å². The second kappa shape index (κ2) is 8.87. The summed E-state index contributed by atoms with van der Waals surface area (Å²) < 4.78 is 82.2. The number of fused-ring (bicyclic) bond motifs is 1. The monoisotopic (exact) mass is 481 g/mol. The normalized spacial score (nSPS) is 19.1. The van der Waals surface area contributed by atoms with Crippen molar-refractivity contribution in [2.45, 2.75) is 30.5 Å². The maximum Gasteiger partial charge on any atom is 0.573 e. The van der Waals surface area contributed by atoms with E-state index in [4.69, 9.17) is 0 Å². The predicted molar refractivity (Wildman–Crippen MR) is 115 cm³/mol. The van der Waals surface area contributed by atoms with Gasteiger partial charge in [-0.15, -0.1) is 13.2 Å². The van der Waals surface area contributed by atoms with Crippen LogP contribution in [-0.2, 0) is 11.8 Å². The number of benzene rings is 3. The molecule has 9 heteroatoms. The van der Waals surface area contributed by atoms with Crippen molar-refractivity contribution < 1.29 is 36.2 Å². The third-order valence-corrected chi connectivity index (χ3v) is 5.96. The van der Waals surface area contributed by atoms with Gasteiger partial charge in [0.25, 0.3) is 0 Å². The molecule has 3 aromatic rings. The van der Waals surface area contributed by atoms with Gasteiger partial charge >= 0.3 is 12.5 Å². The molecule has 0 amide bonds. The fraction of sp³-hybridized carbons (Fsp3) is 0.280. The Hall–Kier alpha value is -3.20. The number of nitrogens with zero attached hydrogens (tertiary/aromatic N) is 1. The summed E-state index contributed by atoms with van der Waals surface area (Å²) in [6, 6.07) is 21.5. The smallest absolute Gasteiger partial charge is 0.406 e. The zero-order chi connectivity index (χ0) is 24.6. The number of ether oxygens (including phenoxy) is 1. The lowest BCUT2D eigenvalue weighted by Gasteiger charge is -2.33. The van der Waals surface area contributed by atoms with Crippen LogP contribution in [0.1, 0.15) is 16.7 Å². The van der Waals surface area contributed by atoms with Gasteiger partial charge in [-0.25, -0.2) is 0 Å². The molecular formula is C25H21F6NO2. The van der Waals surface area contributed by atoms with Crippen LogP contribution in [0.4, 0.5) is 32.0 Å². The average Bonchev–Trinajstić information content (AvgIpc) is 3.07. The van der Waals surface area contributed by atoms with E-state index < -0.39 is 36.4 Å². The summed E-state index contributed by atoms with van der Waals surface area (Å²) >= 11 is 0. The largest absolute Gasteiger partial charge is 0.573 e. The molecule has 1 unspecified atom stereocenters. The number of para-hydroxylation sites is 1. The van der Waals surface area contributed by atoms with E-state index in [2.05, 4.69) is 4.74 Å². The molecule has 3 aromatic carbocycles. The van der Waals surface area contributed by atoms with Crippen molar-refractivity contribution in [3.05, 3.63) is 95.6 Å². The van der Waals surface area contributed by atoms with Gasteiger partial charge in [-0.05, 0) is 41.3 Å². The summed E-state index contributed by atoms with van der Waals surface area (Å²) in [5.41, 5.74) is 1.50. The number of hydrogen-bond donors (Lipinski definition) is 1. The lowest BCUT2D eigenvalue weighted by Crippen LogP contribution is -2.44. The molecule has 3 nitrogen and oxygen atoms in total. The second-order valence-electron chi connectivity index (χ2n) is 8.28. The Bertz CT molecular complexity index is 1130. The van der Waals surface area contributed by atoms with Crippen LogP contribution in [0.25, 0.3) is 0 Å². The van der Waals surface area contributed by atoms with Crippen LogP contribution in [0.3, 0.4) is 0 Å². The van der Waals surface area contributed by atoms with Crippen LogP contribution in [0, 0.1) is 0 Å². The minimum absolute atomic E-state index is 0.0316. The first-order valence-corrected chi connectivity index (χ1v) is 10.5. The highest BCUT2D eigenvalue weighted by Crippen LogP contribution is 2.48. The van der Waals surface area contributed by atoms with Crippen LogP contribution in [0.15, 0.2) is 78.9 Å². The fourth-order valence-electron chi connectivity index (χ4n) is 4.56. The molecule has 0 aromatic heterocycles. The Morgan fingerprint density at radius 1 is 0.882 bits per heavy atom. The summed E-state index contributed by atoms with van der Waals surface area (Å²) in [6.07, 6.45) is -12.0. The lowest BCUT2D eigenvalue weighted by molar-refractivity contribution is -0.274. The number of halogens is 6. The van der Waals surface area contributed by atoms with Gasteiger partial charge in [0.1, 0.15) is 5.75 Å². The Labute approximate surface area is 192 Å². The molecule has 1 aliphatic heterocycles. The van der Waals surface area contributed by atoms with Gasteiger partial charge < -0.3 is 14.7 Å². The Morgan fingerprint density at radius 3 is 2.24 bits per heavy atom. The van der Waals surface area contributed by atoms with Crippen molar-refractivity contribution in [3.8, 4) is 5.75 Å². The molecule has 1 heterocycles. The number of aliphatic hydroxyl groups excluding tert-OH is 1. The number of alkyl halides is 6. The van der Waals surface area contributed by atoms with Crippen molar-refractivity contribution in [2.75, 3.05) is 18.0 Å². The molecule has 0 bridgehead atoms. The quantitative estimate of drug-likeness (QED) is 0.448. The van der Waals surface area contributed by atoms with Crippen LogP contribution in [-0.4, -0.2) is 36.8 Å². The Morgan fingerprint density at radius 2 is 1.56 bits per heavy atom. The van der Waals surface area contributed by atoms with E-state index in [0.717, 1.165) is 5.56 Å². The average molecular weight is 481 g/mol.